The van der Waals surface area contributed by atoms with Crippen molar-refractivity contribution in [3.63, 3.8) is 0 Å². The molecular weight excluding hydrogens is 510 g/mol. The molecule has 0 radical (unpaired) electrons. The van der Waals surface area contributed by atoms with Crippen LogP contribution in [0.1, 0.15) is 37.4 Å². The van der Waals surface area contributed by atoms with E-state index in [-0.39, 0.29) is 12.1 Å². The number of nitrogens with zero attached hydrogens (tertiary/aromatic N) is 7. The molecule has 3 aliphatic heterocycles. The molecule has 0 aliphatic carbocycles. The van der Waals surface area contributed by atoms with Crippen LogP contribution in [0, 0.1) is 11.5 Å². The first kappa shape index (κ1) is 26.0. The maximum absolute atomic E-state index is 9.56. The van der Waals surface area contributed by atoms with Crippen molar-refractivity contribution < 1.29 is 4.74 Å². The Morgan fingerprint density at radius 3 is 2.69 bits per heavy atom. The van der Waals surface area contributed by atoms with Gasteiger partial charge in [0.05, 0.1) is 29.3 Å². The maximum Gasteiger partial charge on any atom is 0.318 e. The first-order chi connectivity index (χ1) is 18.9. The first-order valence-corrected chi connectivity index (χ1v) is 14.4. The summed E-state index contributed by atoms with van der Waals surface area (Å²) in [7, 11) is 4.26. The molecule has 6 rings (SSSR count). The highest BCUT2D eigenvalue weighted by Gasteiger charge is 2.36. The number of likely N-dealkylation sites (tertiary alicyclic amines) is 2. The van der Waals surface area contributed by atoms with Crippen LogP contribution in [-0.4, -0.2) is 78.2 Å². The van der Waals surface area contributed by atoms with Crippen LogP contribution in [0.5, 0.6) is 6.01 Å². The third-order valence-electron chi connectivity index (χ3n) is 8.95. The van der Waals surface area contributed by atoms with Gasteiger partial charge in [0.15, 0.2) is 6.19 Å². The number of halogens is 1. The van der Waals surface area contributed by atoms with E-state index in [0.29, 0.717) is 25.2 Å². The van der Waals surface area contributed by atoms with Crippen molar-refractivity contribution in [1.82, 2.24) is 19.8 Å². The number of hydrogen-bond donors (Lipinski definition) is 0. The molecule has 0 saturated carbocycles. The lowest BCUT2D eigenvalue weighted by molar-refractivity contribution is 0.187. The molecule has 0 amide bonds. The summed E-state index contributed by atoms with van der Waals surface area (Å²) in [5.74, 6) is 0.932. The van der Waals surface area contributed by atoms with E-state index in [4.69, 9.17) is 26.3 Å². The van der Waals surface area contributed by atoms with Gasteiger partial charge in [-0.05, 0) is 63.7 Å². The van der Waals surface area contributed by atoms with Crippen molar-refractivity contribution in [2.24, 2.45) is 0 Å². The Morgan fingerprint density at radius 2 is 1.95 bits per heavy atom. The quantitative estimate of drug-likeness (QED) is 0.413. The van der Waals surface area contributed by atoms with Crippen molar-refractivity contribution in [1.29, 1.82) is 5.26 Å². The summed E-state index contributed by atoms with van der Waals surface area (Å²) in [4.78, 5) is 18.8. The molecule has 3 aliphatic rings. The van der Waals surface area contributed by atoms with Crippen LogP contribution in [0.15, 0.2) is 36.4 Å². The van der Waals surface area contributed by atoms with Gasteiger partial charge in [0.1, 0.15) is 12.4 Å². The smallest absolute Gasteiger partial charge is 0.318 e. The topological polar surface area (TPSA) is 71.8 Å². The summed E-state index contributed by atoms with van der Waals surface area (Å²) in [6, 6.07) is 13.6. The minimum atomic E-state index is 0.125. The average Bonchev–Trinajstić information content (AvgIpc) is 3.54. The molecule has 0 N–H and O–H groups in total. The molecule has 2 aromatic carbocycles. The van der Waals surface area contributed by atoms with Crippen LogP contribution in [0.4, 0.5) is 11.5 Å². The van der Waals surface area contributed by atoms with Crippen molar-refractivity contribution >= 4 is 33.9 Å². The Balaban J connectivity index is 1.35. The number of likely N-dealkylation sites (N-methyl/N-ethyl adjacent to an activating group) is 2. The number of aromatic nitrogens is 2. The lowest BCUT2D eigenvalue weighted by Gasteiger charge is -2.36. The van der Waals surface area contributed by atoms with Crippen LogP contribution < -0.4 is 14.5 Å². The SMILES string of the molecule is CC1C(N(C)c2nc(OC[C@@H]3CCCN3C)nc3c2CCN(c2cccc4cccc(Cl)c24)C3)CCN1C#N. The van der Waals surface area contributed by atoms with Gasteiger partial charge in [0.25, 0.3) is 0 Å². The summed E-state index contributed by atoms with van der Waals surface area (Å²) >= 11 is 6.69. The van der Waals surface area contributed by atoms with Crippen molar-refractivity contribution in [3.8, 4) is 12.2 Å². The molecular formula is C30H36ClN7O. The zero-order chi connectivity index (χ0) is 27.1. The van der Waals surface area contributed by atoms with Gasteiger partial charge in [-0.2, -0.15) is 15.2 Å². The normalized spacial score (nSPS) is 23.2. The van der Waals surface area contributed by atoms with Gasteiger partial charge in [-0.1, -0.05) is 35.9 Å². The van der Waals surface area contributed by atoms with Crippen LogP contribution >= 0.6 is 11.6 Å². The number of anilines is 2. The molecule has 0 spiro atoms. The molecule has 8 nitrogen and oxygen atoms in total. The largest absolute Gasteiger partial charge is 0.462 e. The summed E-state index contributed by atoms with van der Waals surface area (Å²) < 4.78 is 6.29. The van der Waals surface area contributed by atoms with Crippen molar-refractivity contribution in [3.05, 3.63) is 52.7 Å². The Bertz CT molecular complexity index is 1400. The minimum Gasteiger partial charge on any atom is -0.462 e. The summed E-state index contributed by atoms with van der Waals surface area (Å²) in [5.41, 5.74) is 3.30. The van der Waals surface area contributed by atoms with E-state index >= 15 is 0 Å². The first-order valence-electron chi connectivity index (χ1n) is 14.0. The van der Waals surface area contributed by atoms with E-state index in [9.17, 15) is 5.26 Å². The predicted octanol–water partition coefficient (Wildman–Crippen LogP) is 4.70. The lowest BCUT2D eigenvalue weighted by Crippen LogP contribution is -2.42. The van der Waals surface area contributed by atoms with Gasteiger partial charge < -0.3 is 24.3 Å². The minimum absolute atomic E-state index is 0.125. The lowest BCUT2D eigenvalue weighted by atomic mass is 10.0. The van der Waals surface area contributed by atoms with E-state index < -0.39 is 0 Å². The Labute approximate surface area is 235 Å². The van der Waals surface area contributed by atoms with Crippen molar-refractivity contribution in [2.45, 2.75) is 57.3 Å². The van der Waals surface area contributed by atoms with E-state index in [1.165, 1.54) is 12.0 Å². The molecule has 3 aromatic rings. The molecule has 2 saturated heterocycles. The van der Waals surface area contributed by atoms with Crippen molar-refractivity contribution in [2.75, 3.05) is 50.1 Å². The van der Waals surface area contributed by atoms with Gasteiger partial charge in [-0.3, -0.25) is 0 Å². The Hall–Kier alpha value is -3.28. The van der Waals surface area contributed by atoms with Gasteiger partial charge in [-0.15, -0.1) is 0 Å². The molecule has 2 fully saturated rings. The number of hydrogen-bond acceptors (Lipinski definition) is 8. The molecule has 4 heterocycles. The van der Waals surface area contributed by atoms with Crippen LogP contribution in [0.3, 0.4) is 0 Å². The van der Waals surface area contributed by atoms with E-state index in [1.54, 1.807) is 0 Å². The molecule has 0 bridgehead atoms. The number of rotatable bonds is 6. The fourth-order valence-electron chi connectivity index (χ4n) is 6.59. The standard InChI is InChI=1S/C30H36ClN7O/c1-20-26(13-16-38(20)19-32)36(3)29-23-12-15-37(27-11-5-8-21-7-4-10-24(31)28(21)27)17-25(23)33-30(34-29)39-18-22-9-6-14-35(22)2/h4-5,7-8,10-11,20,22,26H,6,9,12-18H2,1-3H3/t20?,22-,26?/m0/s1. The second-order valence-electron chi connectivity index (χ2n) is 11.1. The number of fused-ring (bicyclic) bond motifs is 2. The third kappa shape index (κ3) is 4.83. The van der Waals surface area contributed by atoms with E-state index in [2.05, 4.69) is 66.2 Å². The monoisotopic (exact) mass is 545 g/mol. The summed E-state index contributed by atoms with van der Waals surface area (Å²) in [6.45, 7) is 6.09. The maximum atomic E-state index is 9.56. The molecule has 204 valence electrons. The van der Waals surface area contributed by atoms with Crippen LogP contribution in [0.25, 0.3) is 10.8 Å². The van der Waals surface area contributed by atoms with Gasteiger partial charge >= 0.3 is 6.01 Å². The molecule has 1 aromatic heterocycles. The second-order valence-corrected chi connectivity index (χ2v) is 11.5. The number of nitriles is 1. The Morgan fingerprint density at radius 1 is 1.13 bits per heavy atom. The van der Waals surface area contributed by atoms with Gasteiger partial charge in [0, 0.05) is 42.8 Å². The van der Waals surface area contributed by atoms with Crippen LogP contribution in [-0.2, 0) is 13.0 Å². The zero-order valence-corrected chi connectivity index (χ0v) is 23.7. The highest BCUT2D eigenvalue weighted by molar-refractivity contribution is 6.36. The molecule has 39 heavy (non-hydrogen) atoms. The number of ether oxygens (including phenoxy) is 1. The zero-order valence-electron chi connectivity index (χ0n) is 23.0. The summed E-state index contributed by atoms with van der Waals surface area (Å²) in [5, 5.41) is 12.5. The van der Waals surface area contributed by atoms with Gasteiger partial charge in [0.2, 0.25) is 0 Å². The van der Waals surface area contributed by atoms with Gasteiger partial charge in [-0.25, -0.2) is 0 Å². The third-order valence-corrected chi connectivity index (χ3v) is 9.26. The fraction of sp³-hybridized carbons (Fsp3) is 0.500. The predicted molar refractivity (Wildman–Crippen MR) is 155 cm³/mol. The molecule has 2 unspecified atom stereocenters. The van der Waals surface area contributed by atoms with Crippen LogP contribution in [0.2, 0.25) is 5.02 Å². The highest BCUT2D eigenvalue weighted by Crippen LogP contribution is 2.37. The molecule has 3 atom stereocenters. The van der Waals surface area contributed by atoms with E-state index in [1.807, 2.05) is 17.0 Å². The fourth-order valence-corrected chi connectivity index (χ4v) is 6.87. The Kier molecular flexibility index (Phi) is 7.13. The average molecular weight is 546 g/mol. The van der Waals surface area contributed by atoms with E-state index in [0.717, 1.165) is 71.9 Å². The number of benzene rings is 2. The summed E-state index contributed by atoms with van der Waals surface area (Å²) in [6.07, 6.45) is 6.43. The highest BCUT2D eigenvalue weighted by atomic mass is 35.5. The molecule has 9 heteroatoms. The second kappa shape index (κ2) is 10.7.